The highest BCUT2D eigenvalue weighted by Crippen LogP contribution is 2.40. The fraction of sp³-hybridized carbons (Fsp3) is 0.327. The smallest absolute Gasteiger partial charge is 0.275 e. The maximum Gasteiger partial charge on any atom is 0.275 e. The number of likely N-dealkylation sites (tertiary alicyclic amines) is 5. The lowest BCUT2D eigenvalue weighted by molar-refractivity contribution is -0.385. The predicted molar refractivity (Wildman–Crippen MR) is 558 cm³/mol. The SMILES string of the molecule is CC(C)(CN1C[C@H](O)C[C@H]1C(=O)NCc1nc2ccccc2[nH]1)c1ccc(Cl)c(Cl)c1.O=C(NCc1nc2ccccc2[nH]1)[C@@H]1C[C@@H](O)CN1Cc1c(Cl)cccc1Cl.O=C(NCc1nc2ccccc2[nH]1)[C@@H]1C[C@@H](O)CN1Cc1cc2c(cc1Cl)OCO2.O=C(NCc1nc2ccccc2[nH]1)[C@@H]1C[C@@H](O)CN1Cc1ccc(Cl)cc1[N+](=O)[O-].O=C(NCc1nc2ccccc2[nH]1)[C@@H]1C[C@@H](O)CN1Cc1ccccc1Cl. The number of nitrogens with one attached hydrogen (secondary N) is 10. The van der Waals surface area contributed by atoms with Crippen LogP contribution in [0.25, 0.3) is 55.2 Å². The number of aliphatic hydroxyl groups excluding tert-OH is 5. The van der Waals surface area contributed by atoms with Crippen LogP contribution in [0.15, 0.2) is 212 Å². The van der Waals surface area contributed by atoms with Gasteiger partial charge in [-0.2, -0.15) is 0 Å². The highest BCUT2D eigenvalue weighted by Gasteiger charge is 2.43. The van der Waals surface area contributed by atoms with Crippen LogP contribution >= 0.6 is 81.2 Å². The van der Waals surface area contributed by atoms with Gasteiger partial charge in [0.15, 0.2) is 11.5 Å². The van der Waals surface area contributed by atoms with Gasteiger partial charge in [0, 0.05) is 119 Å². The third-order valence-corrected chi connectivity index (χ3v) is 28.8. The summed E-state index contributed by atoms with van der Waals surface area (Å²) in [7, 11) is 0. The molecule has 5 fully saturated rings. The highest BCUT2D eigenvalue weighted by atomic mass is 35.5. The number of nitrogens with zero attached hydrogens (tertiary/aromatic N) is 11. The first-order valence-corrected chi connectivity index (χ1v) is 50.3. The van der Waals surface area contributed by atoms with Gasteiger partial charge in [0.25, 0.3) is 5.69 Å². The molecule has 15 aromatic rings. The van der Waals surface area contributed by atoms with Crippen molar-refractivity contribution in [2.45, 2.75) is 171 Å². The molecule has 0 aliphatic carbocycles. The molecule has 5 saturated heterocycles. The Morgan fingerprint density at radius 3 is 1.06 bits per heavy atom. The molecule has 35 nitrogen and oxygen atoms in total. The maximum absolute atomic E-state index is 13.0. The van der Waals surface area contributed by atoms with Crippen LogP contribution in [0.1, 0.15) is 103 Å². The zero-order chi connectivity index (χ0) is 103. The topological polar surface area (TPSA) is 468 Å². The van der Waals surface area contributed by atoms with E-state index in [1.54, 1.807) is 47.4 Å². The molecule has 11 heterocycles. The van der Waals surface area contributed by atoms with E-state index < -0.39 is 59.6 Å². The van der Waals surface area contributed by atoms with E-state index in [0.717, 1.165) is 77.4 Å². The molecule has 21 rings (SSSR count). The molecule has 10 aromatic carbocycles. The second-order valence-corrected chi connectivity index (χ2v) is 40.3. The van der Waals surface area contributed by atoms with Crippen molar-refractivity contribution in [3.05, 3.63) is 315 Å². The quantitative estimate of drug-likeness (QED) is 0.0168. The number of H-pyrrole nitrogens is 5. The van der Waals surface area contributed by atoms with Gasteiger partial charge in [-0.1, -0.05) is 186 Å². The number of carbonyl (C=O) groups is 5. The average Bonchev–Trinajstić information content (AvgIpc) is 1.64. The monoisotopic (exact) mass is 2120 g/mol. The van der Waals surface area contributed by atoms with Crippen LogP contribution in [-0.4, -0.2) is 241 Å². The highest BCUT2D eigenvalue weighted by molar-refractivity contribution is 6.42. The summed E-state index contributed by atoms with van der Waals surface area (Å²) < 4.78 is 10.8. The van der Waals surface area contributed by atoms with Crippen LogP contribution in [0, 0.1) is 10.1 Å². The van der Waals surface area contributed by atoms with Gasteiger partial charge in [0.1, 0.15) is 29.1 Å². The molecule has 6 aliphatic rings. The van der Waals surface area contributed by atoms with Gasteiger partial charge in [-0.3, -0.25) is 58.6 Å². The summed E-state index contributed by atoms with van der Waals surface area (Å²) in [6.45, 7) is 9.86. The second kappa shape index (κ2) is 47.6. The molecule has 0 saturated carbocycles. The Morgan fingerprint density at radius 2 is 0.692 bits per heavy atom. The minimum absolute atomic E-state index is 0.106. The summed E-state index contributed by atoms with van der Waals surface area (Å²) in [6.07, 6.45) is -1.06. The van der Waals surface area contributed by atoms with Crippen LogP contribution in [0.5, 0.6) is 11.5 Å². The minimum Gasteiger partial charge on any atom is -0.454 e. The number of carbonyl (C=O) groups excluding carboxylic acids is 5. The summed E-state index contributed by atoms with van der Waals surface area (Å²) in [5, 5.41) is 80.3. The van der Waals surface area contributed by atoms with E-state index in [-0.39, 0.29) is 84.6 Å². The van der Waals surface area contributed by atoms with Crippen molar-refractivity contribution >= 4 is 172 Å². The van der Waals surface area contributed by atoms with Gasteiger partial charge in [-0.15, -0.1) is 0 Å². The van der Waals surface area contributed by atoms with E-state index in [1.807, 2.05) is 183 Å². The second-order valence-electron chi connectivity index (χ2n) is 37.4. The molecule has 146 heavy (non-hydrogen) atoms. The van der Waals surface area contributed by atoms with E-state index in [0.29, 0.717) is 181 Å². The Labute approximate surface area is 873 Å². The van der Waals surface area contributed by atoms with Crippen molar-refractivity contribution in [1.82, 2.24) is 101 Å². The summed E-state index contributed by atoms with van der Waals surface area (Å²) in [5.74, 6) is 3.89. The van der Waals surface area contributed by atoms with E-state index in [4.69, 9.17) is 90.7 Å². The Hall–Kier alpha value is -12.5. The number of rotatable bonds is 27. The lowest BCUT2D eigenvalue weighted by atomic mass is 9.84. The molecule has 6 aliphatic heterocycles. The molecule has 15 N–H and O–H groups in total. The third-order valence-electron chi connectivity index (χ3n) is 26.3. The van der Waals surface area contributed by atoms with E-state index in [1.165, 1.54) is 6.07 Å². The fourth-order valence-electron chi connectivity index (χ4n) is 19.1. The molecular formula is C104H108Cl7N21O14. The van der Waals surface area contributed by atoms with Crippen molar-refractivity contribution in [3.63, 3.8) is 0 Å². The number of halogens is 7. The number of benzene rings is 10. The normalized spacial score (nSPS) is 20.0. The Bertz CT molecular complexity index is 7030. The van der Waals surface area contributed by atoms with Crippen molar-refractivity contribution < 1.29 is 63.9 Å². The van der Waals surface area contributed by atoms with Crippen LogP contribution in [0.3, 0.4) is 0 Å². The largest absolute Gasteiger partial charge is 0.454 e. The number of ether oxygens (including phenoxy) is 2. The van der Waals surface area contributed by atoms with Crippen molar-refractivity contribution in [3.8, 4) is 11.5 Å². The van der Waals surface area contributed by atoms with Gasteiger partial charge in [0.2, 0.25) is 36.3 Å². The molecule has 0 radical (unpaired) electrons. The summed E-state index contributed by atoms with van der Waals surface area (Å²) in [5.41, 5.74) is 12.5. The van der Waals surface area contributed by atoms with E-state index in [2.05, 4.69) is 90.3 Å². The number of nitro benzene ring substituents is 1. The van der Waals surface area contributed by atoms with Crippen LogP contribution in [0.4, 0.5) is 5.69 Å². The molecule has 42 heteroatoms. The molecule has 0 bridgehead atoms. The number of para-hydroxylation sites is 10. The summed E-state index contributed by atoms with van der Waals surface area (Å²) in [4.78, 5) is 123. The molecule has 10 atom stereocenters. The molecular weight excluding hydrogens is 2020 g/mol. The Balaban J connectivity index is 0.000000125. The Morgan fingerprint density at radius 1 is 0.363 bits per heavy atom. The third kappa shape index (κ3) is 26.4. The molecule has 0 unspecified atom stereocenters. The first-order valence-electron chi connectivity index (χ1n) is 47.6. The number of aromatic nitrogens is 10. The zero-order valence-corrected chi connectivity index (χ0v) is 84.6. The number of hydrogen-bond acceptors (Lipinski definition) is 24. The van der Waals surface area contributed by atoms with Gasteiger partial charge < -0.3 is 86.5 Å². The van der Waals surface area contributed by atoms with Crippen molar-refractivity contribution in [1.29, 1.82) is 0 Å². The Kier molecular flexibility index (Phi) is 34.2. The molecule has 762 valence electrons. The van der Waals surface area contributed by atoms with Gasteiger partial charge in [-0.25, -0.2) is 24.9 Å². The molecule has 5 aromatic heterocycles. The lowest BCUT2D eigenvalue weighted by Crippen LogP contribution is -2.47. The lowest BCUT2D eigenvalue weighted by Gasteiger charge is -2.33. The number of imidazole rings is 5. The first kappa shape index (κ1) is 105. The fourth-order valence-corrected chi connectivity index (χ4v) is 20.5. The number of hydrogen-bond donors (Lipinski definition) is 15. The van der Waals surface area contributed by atoms with E-state index >= 15 is 0 Å². The molecule has 5 amide bonds. The van der Waals surface area contributed by atoms with Crippen LogP contribution in [-0.2, 0) is 88.3 Å². The van der Waals surface area contributed by atoms with Gasteiger partial charge >= 0.3 is 0 Å². The van der Waals surface area contributed by atoms with Crippen molar-refractivity contribution in [2.75, 3.05) is 46.1 Å². The van der Waals surface area contributed by atoms with Gasteiger partial charge in [-0.05, 0) is 158 Å². The maximum atomic E-state index is 13.0. The number of fused-ring (bicyclic) bond motifs is 6. The average molecular weight is 2120 g/mol. The van der Waals surface area contributed by atoms with Crippen molar-refractivity contribution in [2.24, 2.45) is 0 Å². The predicted octanol–water partition coefficient (Wildman–Crippen LogP) is 14.1. The number of aliphatic hydroxyl groups is 5. The first-order chi connectivity index (χ1) is 70.3. The van der Waals surface area contributed by atoms with Crippen LogP contribution < -0.4 is 36.1 Å². The number of β-amino-alcohol motifs (C(OH)–C–C–N with tert-alkyl or cyclic N) is 5. The molecule has 0 spiro atoms. The summed E-state index contributed by atoms with van der Waals surface area (Å²) in [6, 6.07) is 62.7. The van der Waals surface area contributed by atoms with E-state index in [9.17, 15) is 59.6 Å². The number of amides is 5. The summed E-state index contributed by atoms with van der Waals surface area (Å²) >= 11 is 43.3. The minimum atomic E-state index is -0.682. The number of aromatic amines is 5. The zero-order valence-electron chi connectivity index (χ0n) is 79.3. The standard InChI is InChI=1S/C23H26Cl2N4O2.C21H21ClN4O4.C20H20Cl2N4O2.C20H20ClN5O4.C20H21ClN4O2/c1-23(2,14-7-8-16(24)17(25)9-14)13-29-12-15(30)10-20(29)22(31)26-11-21-27-18-5-3-4-6-19(18)28-21;22-14-7-19-18(29-11-30-19)5-12(14)9-26-10-13(27)6-17(26)21(28)23-8-20-24-15-3-1-2-4-16(15)25-20;21-14-4-3-5-15(22)13(14)11-26-10-12(27)8-18(26)20(28)23-9-19-24-16-6-1-2-7-17(16)25-19;21-13-6-5-12(17(7-13)26(29)30)10-25-11-14(27)8-18(25)20(28)22-9-19-23-15-3-1-2-4-16(15)24-19;21-15-6-2-1-5-13(15)11-25-12-14(26)9-18(25)20(27)22-10-19-23-16-7-3-4-8-17(16)24-19/h3-9,15,20,30H,10-13H2,1-2H3,(H,26,31)(H,27,28);1-5,7,13,17,27H,6,8-11H2,(H,23,28)(H,24,25);1-7,12,18,27H,8-11H2,(H,23,28)(H,24,25);1-7,14,18,27H,8-11H2,(H,22,28)(H,23,24);1-8,14,18,26H,9-12H2,(H,22,27)(H,23,24)/t15-,20+;13-,17+;12-,18+;2*14-,18+/m11111/s1. The number of nitro groups is 1. The van der Waals surface area contributed by atoms with Gasteiger partial charge in [0.05, 0.1) is 164 Å². The van der Waals surface area contributed by atoms with Crippen LogP contribution in [0.2, 0.25) is 35.2 Å².